The number of nitrogens with one attached hydrogen (secondary N) is 1. The number of aromatic nitrogens is 4. The van der Waals surface area contributed by atoms with Crippen LogP contribution < -0.4 is 5.32 Å². The van der Waals surface area contributed by atoms with Crippen molar-refractivity contribution in [1.82, 2.24) is 19.7 Å². The average molecular weight is 279 g/mol. The summed E-state index contributed by atoms with van der Waals surface area (Å²) in [5, 5.41) is 12.3. The zero-order chi connectivity index (χ0) is 13.2. The Bertz CT molecular complexity index is 560. The summed E-state index contributed by atoms with van der Waals surface area (Å²) in [7, 11) is 2.00. The van der Waals surface area contributed by atoms with E-state index in [1.807, 2.05) is 19.5 Å². The summed E-state index contributed by atoms with van der Waals surface area (Å²) in [6, 6.07) is 0.494. The lowest BCUT2D eigenvalue weighted by molar-refractivity contribution is 0.338. The molecule has 1 aliphatic rings. The normalized spacial score (nSPS) is 15.5. The van der Waals surface area contributed by atoms with Crippen LogP contribution in [0.1, 0.15) is 36.8 Å². The van der Waals surface area contributed by atoms with E-state index >= 15 is 0 Å². The summed E-state index contributed by atoms with van der Waals surface area (Å²) in [6.45, 7) is 0.635. The van der Waals surface area contributed by atoms with Crippen LogP contribution in [-0.2, 0) is 13.6 Å². The largest absolute Gasteiger partial charge is 0.408 e. The van der Waals surface area contributed by atoms with Crippen molar-refractivity contribution in [3.05, 3.63) is 17.8 Å². The van der Waals surface area contributed by atoms with Gasteiger partial charge in [-0.25, -0.2) is 4.98 Å². The van der Waals surface area contributed by atoms with E-state index in [0.717, 1.165) is 16.7 Å². The molecule has 0 spiro atoms. The van der Waals surface area contributed by atoms with E-state index in [9.17, 15) is 0 Å². The summed E-state index contributed by atoms with van der Waals surface area (Å²) < 4.78 is 7.67. The first kappa shape index (κ1) is 12.5. The Labute approximate surface area is 116 Å². The first-order valence-corrected chi connectivity index (χ1v) is 7.62. The van der Waals surface area contributed by atoms with E-state index in [1.165, 1.54) is 19.3 Å². The van der Waals surface area contributed by atoms with Gasteiger partial charge in [-0.2, -0.15) is 0 Å². The van der Waals surface area contributed by atoms with Crippen molar-refractivity contribution < 1.29 is 4.42 Å². The van der Waals surface area contributed by atoms with Crippen LogP contribution in [0.25, 0.3) is 0 Å². The van der Waals surface area contributed by atoms with E-state index in [-0.39, 0.29) is 0 Å². The lowest BCUT2D eigenvalue weighted by Crippen LogP contribution is -2.08. The van der Waals surface area contributed by atoms with Crippen LogP contribution in [0.4, 0.5) is 6.01 Å². The maximum atomic E-state index is 5.61. The minimum atomic E-state index is 0.475. The van der Waals surface area contributed by atoms with Crippen LogP contribution >= 0.6 is 11.8 Å². The Balaban J connectivity index is 1.62. The molecule has 3 rings (SSSR count). The standard InChI is InChI=1S/C12H17N5OS/c1-17-9(7-14-12(17)19-2)6-13-11-16-15-10(18-11)8-4-3-5-8/h7-8H,3-6H2,1-2H3,(H,13,16). The summed E-state index contributed by atoms with van der Waals surface area (Å²) in [4.78, 5) is 4.32. The molecule has 7 heteroatoms. The minimum absolute atomic E-state index is 0.475. The molecular formula is C12H17N5OS. The molecule has 2 aromatic rings. The van der Waals surface area contributed by atoms with Crippen LogP contribution in [0.5, 0.6) is 0 Å². The van der Waals surface area contributed by atoms with E-state index in [1.54, 1.807) is 11.8 Å². The Morgan fingerprint density at radius 2 is 2.32 bits per heavy atom. The monoisotopic (exact) mass is 279 g/mol. The molecule has 6 nitrogen and oxygen atoms in total. The van der Waals surface area contributed by atoms with Crippen LogP contribution in [0.15, 0.2) is 15.8 Å². The van der Waals surface area contributed by atoms with E-state index < -0.39 is 0 Å². The predicted molar refractivity (Wildman–Crippen MR) is 73.2 cm³/mol. The van der Waals surface area contributed by atoms with E-state index in [4.69, 9.17) is 4.42 Å². The molecule has 1 N–H and O–H groups in total. The number of hydrogen-bond acceptors (Lipinski definition) is 6. The maximum Gasteiger partial charge on any atom is 0.315 e. The van der Waals surface area contributed by atoms with Gasteiger partial charge in [-0.15, -0.1) is 5.10 Å². The van der Waals surface area contributed by atoms with Gasteiger partial charge < -0.3 is 14.3 Å². The second kappa shape index (κ2) is 5.24. The molecule has 19 heavy (non-hydrogen) atoms. The molecule has 0 unspecified atom stereocenters. The smallest absolute Gasteiger partial charge is 0.315 e. The highest BCUT2D eigenvalue weighted by Gasteiger charge is 2.25. The molecule has 1 fully saturated rings. The van der Waals surface area contributed by atoms with Crippen molar-refractivity contribution in [3.8, 4) is 0 Å². The third kappa shape index (κ3) is 2.47. The van der Waals surface area contributed by atoms with Crippen molar-refractivity contribution in [2.75, 3.05) is 11.6 Å². The van der Waals surface area contributed by atoms with Gasteiger partial charge in [-0.1, -0.05) is 23.3 Å². The first-order valence-electron chi connectivity index (χ1n) is 6.40. The number of imidazole rings is 1. The van der Waals surface area contributed by atoms with Crippen LogP contribution in [-0.4, -0.2) is 26.0 Å². The van der Waals surface area contributed by atoms with Gasteiger partial charge in [-0.05, 0) is 19.1 Å². The molecule has 2 heterocycles. The van der Waals surface area contributed by atoms with Crippen molar-refractivity contribution in [2.24, 2.45) is 7.05 Å². The van der Waals surface area contributed by atoms with Crippen LogP contribution in [0.2, 0.25) is 0 Å². The maximum absolute atomic E-state index is 5.61. The number of hydrogen-bond donors (Lipinski definition) is 1. The molecule has 0 amide bonds. The Kier molecular flexibility index (Phi) is 3.46. The third-order valence-corrected chi connectivity index (χ3v) is 4.28. The second-order valence-electron chi connectivity index (χ2n) is 4.72. The molecule has 0 saturated heterocycles. The average Bonchev–Trinajstić information content (AvgIpc) is 2.92. The van der Waals surface area contributed by atoms with Gasteiger partial charge in [0.2, 0.25) is 5.89 Å². The molecular weight excluding hydrogens is 262 g/mol. The fraction of sp³-hybridized carbons (Fsp3) is 0.583. The minimum Gasteiger partial charge on any atom is -0.408 e. The molecule has 1 saturated carbocycles. The number of nitrogens with zero attached hydrogens (tertiary/aromatic N) is 4. The first-order chi connectivity index (χ1) is 9.28. The van der Waals surface area contributed by atoms with E-state index in [2.05, 4.69) is 25.1 Å². The fourth-order valence-electron chi connectivity index (χ4n) is 2.07. The van der Waals surface area contributed by atoms with E-state index in [0.29, 0.717) is 18.5 Å². The van der Waals surface area contributed by atoms with Crippen molar-refractivity contribution in [2.45, 2.75) is 36.9 Å². The zero-order valence-corrected chi connectivity index (χ0v) is 11.9. The summed E-state index contributed by atoms with van der Waals surface area (Å²) in [5.41, 5.74) is 1.09. The van der Waals surface area contributed by atoms with Crippen LogP contribution in [0.3, 0.4) is 0 Å². The number of rotatable bonds is 5. The molecule has 0 aliphatic heterocycles. The number of thioether (sulfide) groups is 1. The highest BCUT2D eigenvalue weighted by Crippen LogP contribution is 2.35. The van der Waals surface area contributed by atoms with Crippen molar-refractivity contribution in [1.29, 1.82) is 0 Å². The van der Waals surface area contributed by atoms with Crippen molar-refractivity contribution in [3.63, 3.8) is 0 Å². The lowest BCUT2D eigenvalue weighted by Gasteiger charge is -2.20. The predicted octanol–water partition coefficient (Wildman–Crippen LogP) is 2.40. The van der Waals surface area contributed by atoms with Gasteiger partial charge in [0.15, 0.2) is 5.16 Å². The molecule has 0 aromatic carbocycles. The highest BCUT2D eigenvalue weighted by atomic mass is 32.2. The quantitative estimate of drug-likeness (QED) is 0.848. The Morgan fingerprint density at radius 1 is 1.47 bits per heavy atom. The SMILES string of the molecule is CSc1ncc(CNc2nnc(C3CCC3)o2)n1C. The Hall–Kier alpha value is -1.50. The molecule has 0 bridgehead atoms. The molecule has 1 aliphatic carbocycles. The topological polar surface area (TPSA) is 68.8 Å². The van der Waals surface area contributed by atoms with Gasteiger partial charge in [0.25, 0.3) is 0 Å². The van der Waals surface area contributed by atoms with Gasteiger partial charge >= 0.3 is 6.01 Å². The second-order valence-corrected chi connectivity index (χ2v) is 5.50. The van der Waals surface area contributed by atoms with Crippen LogP contribution in [0, 0.1) is 0 Å². The summed E-state index contributed by atoms with van der Waals surface area (Å²) in [5.74, 6) is 1.24. The van der Waals surface area contributed by atoms with Crippen molar-refractivity contribution >= 4 is 17.8 Å². The zero-order valence-electron chi connectivity index (χ0n) is 11.1. The molecule has 102 valence electrons. The number of anilines is 1. The fourth-order valence-corrected chi connectivity index (χ4v) is 2.62. The molecule has 0 atom stereocenters. The van der Waals surface area contributed by atoms with Gasteiger partial charge in [0.05, 0.1) is 18.4 Å². The van der Waals surface area contributed by atoms with Gasteiger partial charge in [0.1, 0.15) is 0 Å². The summed E-state index contributed by atoms with van der Waals surface area (Å²) >= 11 is 1.63. The summed E-state index contributed by atoms with van der Waals surface area (Å²) in [6.07, 6.45) is 7.48. The Morgan fingerprint density at radius 3 is 2.95 bits per heavy atom. The third-order valence-electron chi connectivity index (χ3n) is 3.54. The molecule has 0 radical (unpaired) electrons. The lowest BCUT2D eigenvalue weighted by atomic mass is 9.85. The van der Waals surface area contributed by atoms with Gasteiger partial charge in [0, 0.05) is 13.0 Å². The highest BCUT2D eigenvalue weighted by molar-refractivity contribution is 7.98. The molecule has 2 aromatic heterocycles. The van der Waals surface area contributed by atoms with Gasteiger partial charge in [-0.3, -0.25) is 0 Å².